The first kappa shape index (κ1) is 11.8. The molecule has 4 nitrogen and oxygen atoms in total. The first-order chi connectivity index (χ1) is 8.83. The van der Waals surface area contributed by atoms with Crippen LogP contribution in [0.1, 0.15) is 12.5 Å². The Balaban J connectivity index is 1.76. The molecule has 1 saturated heterocycles. The molecule has 2 heterocycles. The fourth-order valence-electron chi connectivity index (χ4n) is 2.66. The highest BCUT2D eigenvalue weighted by Gasteiger charge is 2.20. The molecule has 0 aliphatic carbocycles. The number of nitrogens with one attached hydrogen (secondary N) is 1. The van der Waals surface area contributed by atoms with Crippen LogP contribution in [-0.2, 0) is 6.54 Å². The normalized spacial score (nSPS) is 23.9. The van der Waals surface area contributed by atoms with Crippen molar-refractivity contribution < 1.29 is 9.47 Å². The topological polar surface area (TPSA) is 33.7 Å². The standard InChI is InChI=1S/C14H20N2O2/c1-11-9-16(6-5-15-11)10-12-3-2-4-13-14(12)18-8-7-17-13/h2-4,11,15H,5-10H2,1H3/t11-/m1/s1. The minimum absolute atomic E-state index is 0.565. The molecule has 0 unspecified atom stereocenters. The molecule has 2 aliphatic rings. The van der Waals surface area contributed by atoms with E-state index in [4.69, 9.17) is 9.47 Å². The van der Waals surface area contributed by atoms with Crippen molar-refractivity contribution in [3.05, 3.63) is 23.8 Å². The van der Waals surface area contributed by atoms with Crippen molar-refractivity contribution in [3.8, 4) is 11.5 Å². The van der Waals surface area contributed by atoms with Gasteiger partial charge in [0.25, 0.3) is 0 Å². The second-order valence-corrected chi connectivity index (χ2v) is 5.03. The molecule has 0 radical (unpaired) electrons. The maximum atomic E-state index is 5.76. The summed E-state index contributed by atoms with van der Waals surface area (Å²) in [5.41, 5.74) is 1.24. The molecule has 4 heteroatoms. The summed E-state index contributed by atoms with van der Waals surface area (Å²) in [6.07, 6.45) is 0. The van der Waals surface area contributed by atoms with E-state index in [0.717, 1.165) is 37.7 Å². The maximum Gasteiger partial charge on any atom is 0.165 e. The van der Waals surface area contributed by atoms with Gasteiger partial charge in [0.05, 0.1) is 0 Å². The Morgan fingerprint density at radius 1 is 1.33 bits per heavy atom. The van der Waals surface area contributed by atoms with Crippen LogP contribution in [-0.4, -0.2) is 43.8 Å². The van der Waals surface area contributed by atoms with Gasteiger partial charge in [0.1, 0.15) is 13.2 Å². The fourth-order valence-corrected chi connectivity index (χ4v) is 2.66. The van der Waals surface area contributed by atoms with Crippen molar-refractivity contribution in [1.29, 1.82) is 0 Å². The van der Waals surface area contributed by atoms with E-state index in [1.807, 2.05) is 6.07 Å². The third-order valence-electron chi connectivity index (χ3n) is 3.49. The Kier molecular flexibility index (Phi) is 3.39. The second-order valence-electron chi connectivity index (χ2n) is 5.03. The van der Waals surface area contributed by atoms with Crippen molar-refractivity contribution >= 4 is 0 Å². The Hall–Kier alpha value is -1.26. The number of ether oxygens (including phenoxy) is 2. The SMILES string of the molecule is C[C@@H]1CN(Cc2cccc3c2OCCO3)CCN1. The Labute approximate surface area is 108 Å². The molecule has 2 aliphatic heterocycles. The number of hydrogen-bond donors (Lipinski definition) is 1. The molecule has 1 atom stereocenters. The van der Waals surface area contributed by atoms with Crippen LogP contribution in [0.25, 0.3) is 0 Å². The third-order valence-corrected chi connectivity index (χ3v) is 3.49. The quantitative estimate of drug-likeness (QED) is 0.854. The molecule has 18 heavy (non-hydrogen) atoms. The molecule has 0 saturated carbocycles. The summed E-state index contributed by atoms with van der Waals surface area (Å²) in [6.45, 7) is 7.72. The third kappa shape index (κ3) is 2.44. The lowest BCUT2D eigenvalue weighted by atomic mass is 10.1. The lowest BCUT2D eigenvalue weighted by molar-refractivity contribution is 0.162. The van der Waals surface area contributed by atoms with Crippen molar-refractivity contribution in [1.82, 2.24) is 10.2 Å². The number of para-hydroxylation sites is 1. The molecule has 1 N–H and O–H groups in total. The van der Waals surface area contributed by atoms with Crippen LogP contribution in [0.3, 0.4) is 0 Å². The lowest BCUT2D eigenvalue weighted by Crippen LogP contribution is -2.48. The zero-order chi connectivity index (χ0) is 12.4. The van der Waals surface area contributed by atoms with E-state index in [2.05, 4.69) is 29.3 Å². The molecule has 0 aromatic heterocycles. The summed E-state index contributed by atoms with van der Waals surface area (Å²) in [4.78, 5) is 2.47. The van der Waals surface area contributed by atoms with Gasteiger partial charge < -0.3 is 14.8 Å². The number of rotatable bonds is 2. The van der Waals surface area contributed by atoms with Crippen LogP contribution in [0.15, 0.2) is 18.2 Å². The van der Waals surface area contributed by atoms with Gasteiger partial charge in [-0.1, -0.05) is 12.1 Å². The first-order valence-corrected chi connectivity index (χ1v) is 6.66. The van der Waals surface area contributed by atoms with Crippen LogP contribution >= 0.6 is 0 Å². The van der Waals surface area contributed by atoms with Gasteiger partial charge in [-0.15, -0.1) is 0 Å². The minimum Gasteiger partial charge on any atom is -0.486 e. The molecular weight excluding hydrogens is 228 g/mol. The second kappa shape index (κ2) is 5.16. The van der Waals surface area contributed by atoms with E-state index < -0.39 is 0 Å². The van der Waals surface area contributed by atoms with Crippen molar-refractivity contribution in [3.63, 3.8) is 0 Å². The van der Waals surface area contributed by atoms with Gasteiger partial charge in [0, 0.05) is 37.8 Å². The number of fused-ring (bicyclic) bond motifs is 1. The van der Waals surface area contributed by atoms with E-state index in [1.165, 1.54) is 5.56 Å². The predicted octanol–water partition coefficient (Wildman–Crippen LogP) is 1.25. The van der Waals surface area contributed by atoms with Gasteiger partial charge in [0.15, 0.2) is 11.5 Å². The van der Waals surface area contributed by atoms with E-state index >= 15 is 0 Å². The molecule has 3 rings (SSSR count). The zero-order valence-electron chi connectivity index (χ0n) is 10.8. The summed E-state index contributed by atoms with van der Waals surface area (Å²) in [5.74, 6) is 1.83. The minimum atomic E-state index is 0.565. The smallest absolute Gasteiger partial charge is 0.165 e. The number of nitrogens with zero attached hydrogens (tertiary/aromatic N) is 1. The number of piperazine rings is 1. The van der Waals surface area contributed by atoms with E-state index in [9.17, 15) is 0 Å². The highest BCUT2D eigenvalue weighted by molar-refractivity contribution is 5.47. The van der Waals surface area contributed by atoms with Gasteiger partial charge in [-0.05, 0) is 13.0 Å². The van der Waals surface area contributed by atoms with Gasteiger partial charge in [0.2, 0.25) is 0 Å². The van der Waals surface area contributed by atoms with Crippen molar-refractivity contribution in [2.75, 3.05) is 32.8 Å². The molecule has 0 amide bonds. The number of benzene rings is 1. The van der Waals surface area contributed by atoms with Gasteiger partial charge in [-0.3, -0.25) is 4.90 Å². The summed E-state index contributed by atoms with van der Waals surface area (Å²) >= 11 is 0. The van der Waals surface area contributed by atoms with Gasteiger partial charge in [-0.25, -0.2) is 0 Å². The largest absolute Gasteiger partial charge is 0.486 e. The van der Waals surface area contributed by atoms with Crippen LogP contribution in [0.5, 0.6) is 11.5 Å². The monoisotopic (exact) mass is 248 g/mol. The van der Waals surface area contributed by atoms with Crippen LogP contribution < -0.4 is 14.8 Å². The molecule has 1 fully saturated rings. The summed E-state index contributed by atoms with van der Waals surface area (Å²) < 4.78 is 11.4. The molecule has 0 bridgehead atoms. The van der Waals surface area contributed by atoms with E-state index in [1.54, 1.807) is 0 Å². The Morgan fingerprint density at radius 2 is 2.22 bits per heavy atom. The summed E-state index contributed by atoms with van der Waals surface area (Å²) in [5, 5.41) is 3.46. The van der Waals surface area contributed by atoms with E-state index in [-0.39, 0.29) is 0 Å². The summed E-state index contributed by atoms with van der Waals surface area (Å²) in [6, 6.07) is 6.74. The van der Waals surface area contributed by atoms with Gasteiger partial charge >= 0.3 is 0 Å². The zero-order valence-corrected chi connectivity index (χ0v) is 10.8. The predicted molar refractivity (Wildman–Crippen MR) is 70.2 cm³/mol. The molecule has 98 valence electrons. The molecule has 1 aromatic carbocycles. The Morgan fingerprint density at radius 3 is 3.11 bits per heavy atom. The molecular formula is C14H20N2O2. The lowest BCUT2D eigenvalue weighted by Gasteiger charge is -2.32. The van der Waals surface area contributed by atoms with Gasteiger partial charge in [-0.2, -0.15) is 0 Å². The average Bonchev–Trinajstić information content (AvgIpc) is 2.39. The number of hydrogen-bond acceptors (Lipinski definition) is 4. The van der Waals surface area contributed by atoms with Crippen LogP contribution in [0.2, 0.25) is 0 Å². The summed E-state index contributed by atoms with van der Waals surface area (Å²) in [7, 11) is 0. The fraction of sp³-hybridized carbons (Fsp3) is 0.571. The van der Waals surface area contributed by atoms with Crippen LogP contribution in [0, 0.1) is 0 Å². The highest BCUT2D eigenvalue weighted by Crippen LogP contribution is 2.34. The Bertz CT molecular complexity index is 422. The first-order valence-electron chi connectivity index (χ1n) is 6.66. The van der Waals surface area contributed by atoms with Crippen LogP contribution in [0.4, 0.5) is 0 Å². The molecule has 1 aromatic rings. The maximum absolute atomic E-state index is 5.76. The highest BCUT2D eigenvalue weighted by atomic mass is 16.6. The van der Waals surface area contributed by atoms with Crippen molar-refractivity contribution in [2.24, 2.45) is 0 Å². The van der Waals surface area contributed by atoms with E-state index in [0.29, 0.717) is 19.3 Å². The molecule has 0 spiro atoms. The average molecular weight is 248 g/mol. The van der Waals surface area contributed by atoms with Crippen molar-refractivity contribution in [2.45, 2.75) is 19.5 Å².